The van der Waals surface area contributed by atoms with Gasteiger partial charge in [0.15, 0.2) is 0 Å². The predicted molar refractivity (Wildman–Crippen MR) is 127 cm³/mol. The van der Waals surface area contributed by atoms with Crippen molar-refractivity contribution in [1.29, 1.82) is 0 Å². The first kappa shape index (κ1) is 24.2. The van der Waals surface area contributed by atoms with Crippen molar-refractivity contribution >= 4 is 56.4 Å². The maximum absolute atomic E-state index is 13.4. The molecule has 0 aliphatic carbocycles. The Morgan fingerprint density at radius 3 is 2.16 bits per heavy atom. The quantitative estimate of drug-likeness (QED) is 0.451. The summed E-state index contributed by atoms with van der Waals surface area (Å²) < 4.78 is 32.8. The lowest BCUT2D eigenvalue weighted by Crippen LogP contribution is -2.40. The summed E-state index contributed by atoms with van der Waals surface area (Å²) in [7, 11) is -2.57. The number of benzene rings is 3. The average Bonchev–Trinajstić information content (AvgIpc) is 2.77. The Morgan fingerprint density at radius 1 is 0.938 bits per heavy atom. The van der Waals surface area contributed by atoms with Gasteiger partial charge in [0, 0.05) is 21.6 Å². The molecule has 6 nitrogen and oxygen atoms in total. The molecule has 0 unspecified atom stereocenters. The largest absolute Gasteiger partial charge is 0.497 e. The van der Waals surface area contributed by atoms with E-state index in [0.29, 0.717) is 32.1 Å². The molecule has 1 N–H and O–H groups in total. The summed E-state index contributed by atoms with van der Waals surface area (Å²) in [5.41, 5.74) is 0.949. The highest BCUT2D eigenvalue weighted by molar-refractivity contribution is 7.92. The number of sulfonamides is 1. The van der Waals surface area contributed by atoms with E-state index in [1.54, 1.807) is 30.3 Å². The van der Waals surface area contributed by atoms with E-state index in [2.05, 4.69) is 5.32 Å². The summed E-state index contributed by atoms with van der Waals surface area (Å²) in [6, 6.07) is 17.0. The molecule has 1 amide bonds. The van der Waals surface area contributed by atoms with Gasteiger partial charge in [-0.05, 0) is 66.2 Å². The van der Waals surface area contributed by atoms with Crippen LogP contribution in [0.15, 0.2) is 71.6 Å². The molecular weight excluding hydrogens is 495 g/mol. The van der Waals surface area contributed by atoms with Crippen LogP contribution in [0.2, 0.25) is 15.1 Å². The second-order valence-corrected chi connectivity index (χ2v) is 9.82. The van der Waals surface area contributed by atoms with Gasteiger partial charge in [-0.15, -0.1) is 0 Å². The van der Waals surface area contributed by atoms with Gasteiger partial charge in [-0.1, -0.05) is 40.9 Å². The molecule has 168 valence electrons. The Morgan fingerprint density at radius 2 is 1.56 bits per heavy atom. The number of carbonyl (C=O) groups is 1. The monoisotopic (exact) mass is 512 g/mol. The fraction of sp³-hybridized carbons (Fsp3) is 0.136. The maximum atomic E-state index is 13.4. The Kier molecular flexibility index (Phi) is 7.90. The van der Waals surface area contributed by atoms with Crippen LogP contribution in [-0.4, -0.2) is 28.0 Å². The molecule has 0 aromatic heterocycles. The van der Waals surface area contributed by atoms with Gasteiger partial charge < -0.3 is 10.1 Å². The first-order chi connectivity index (χ1) is 15.2. The minimum Gasteiger partial charge on any atom is -0.497 e. The highest BCUT2D eigenvalue weighted by Gasteiger charge is 2.27. The van der Waals surface area contributed by atoms with Crippen molar-refractivity contribution in [3.05, 3.63) is 87.4 Å². The molecule has 10 heteroatoms. The minimum absolute atomic E-state index is 0.0156. The Bertz CT molecular complexity index is 1200. The molecule has 0 aliphatic heterocycles. The lowest BCUT2D eigenvalue weighted by atomic mass is 10.2. The van der Waals surface area contributed by atoms with Gasteiger partial charge in [-0.25, -0.2) is 8.42 Å². The molecule has 0 fully saturated rings. The Hall–Kier alpha value is -2.45. The van der Waals surface area contributed by atoms with Crippen molar-refractivity contribution in [2.24, 2.45) is 0 Å². The number of carbonyl (C=O) groups excluding carboxylic acids is 1. The van der Waals surface area contributed by atoms with E-state index in [9.17, 15) is 13.2 Å². The third-order valence-electron chi connectivity index (χ3n) is 4.54. The molecule has 3 aromatic carbocycles. The normalized spacial score (nSPS) is 11.1. The van der Waals surface area contributed by atoms with Gasteiger partial charge in [-0.3, -0.25) is 9.10 Å². The number of nitrogens with zero attached hydrogens (tertiary/aromatic N) is 1. The number of hydrogen-bond acceptors (Lipinski definition) is 4. The van der Waals surface area contributed by atoms with Gasteiger partial charge in [0.05, 0.1) is 17.7 Å². The van der Waals surface area contributed by atoms with Gasteiger partial charge in [0.2, 0.25) is 5.91 Å². The zero-order chi connectivity index (χ0) is 23.3. The van der Waals surface area contributed by atoms with Crippen molar-refractivity contribution < 1.29 is 17.9 Å². The molecule has 0 bridgehead atoms. The van der Waals surface area contributed by atoms with Crippen molar-refractivity contribution in [3.8, 4) is 5.75 Å². The summed E-state index contributed by atoms with van der Waals surface area (Å²) >= 11 is 18.0. The fourth-order valence-corrected chi connectivity index (χ4v) is 4.86. The number of ether oxygens (including phenoxy) is 1. The second-order valence-electron chi connectivity index (χ2n) is 6.68. The van der Waals surface area contributed by atoms with Crippen LogP contribution < -0.4 is 14.4 Å². The number of methoxy groups -OCH3 is 1. The maximum Gasteiger partial charge on any atom is 0.264 e. The van der Waals surface area contributed by atoms with Gasteiger partial charge in [-0.2, -0.15) is 0 Å². The highest BCUT2D eigenvalue weighted by atomic mass is 35.5. The summed E-state index contributed by atoms with van der Waals surface area (Å²) in [5.74, 6) is 0.00244. The number of amides is 1. The lowest BCUT2D eigenvalue weighted by molar-refractivity contribution is -0.119. The molecule has 0 heterocycles. The van der Waals surface area contributed by atoms with E-state index in [0.717, 1.165) is 4.31 Å². The zero-order valence-corrected chi connectivity index (χ0v) is 20.0. The Labute approximate surface area is 201 Å². The Balaban J connectivity index is 1.85. The topological polar surface area (TPSA) is 75.7 Å². The molecule has 3 rings (SSSR count). The smallest absolute Gasteiger partial charge is 0.264 e. The summed E-state index contributed by atoms with van der Waals surface area (Å²) in [6.45, 7) is -0.326. The van der Waals surface area contributed by atoms with E-state index < -0.39 is 22.5 Å². The number of halogens is 3. The van der Waals surface area contributed by atoms with Gasteiger partial charge in [0.25, 0.3) is 10.0 Å². The van der Waals surface area contributed by atoms with Crippen LogP contribution in [0.25, 0.3) is 0 Å². The third kappa shape index (κ3) is 5.86. The van der Waals surface area contributed by atoms with Crippen LogP contribution in [0.3, 0.4) is 0 Å². The van der Waals surface area contributed by atoms with Crippen LogP contribution in [0.4, 0.5) is 5.69 Å². The average molecular weight is 514 g/mol. The van der Waals surface area contributed by atoms with Gasteiger partial charge in [0.1, 0.15) is 12.3 Å². The summed E-state index contributed by atoms with van der Waals surface area (Å²) in [6.07, 6.45) is 0. The van der Waals surface area contributed by atoms with Crippen LogP contribution in [0, 0.1) is 0 Å². The molecule has 3 aromatic rings. The molecule has 0 spiro atoms. The molecule has 0 radical (unpaired) electrons. The molecule has 0 saturated heterocycles. The van der Waals surface area contributed by atoms with E-state index in [4.69, 9.17) is 39.5 Å². The second kappa shape index (κ2) is 10.4. The molecule has 0 aliphatic rings. The zero-order valence-electron chi connectivity index (χ0n) is 16.9. The van der Waals surface area contributed by atoms with E-state index in [1.165, 1.54) is 43.5 Å². The number of nitrogens with one attached hydrogen (secondary N) is 1. The predicted octanol–water partition coefficient (Wildman–Crippen LogP) is 5.17. The van der Waals surface area contributed by atoms with E-state index in [1.807, 2.05) is 0 Å². The van der Waals surface area contributed by atoms with Crippen LogP contribution in [-0.2, 0) is 21.4 Å². The number of anilines is 1. The molecule has 32 heavy (non-hydrogen) atoms. The summed E-state index contributed by atoms with van der Waals surface area (Å²) in [4.78, 5) is 12.7. The number of rotatable bonds is 8. The van der Waals surface area contributed by atoms with Crippen LogP contribution in [0.5, 0.6) is 5.75 Å². The van der Waals surface area contributed by atoms with Crippen LogP contribution in [0.1, 0.15) is 5.56 Å². The third-order valence-corrected chi connectivity index (χ3v) is 7.17. The van der Waals surface area contributed by atoms with Crippen molar-refractivity contribution in [3.63, 3.8) is 0 Å². The first-order valence-electron chi connectivity index (χ1n) is 9.33. The molecule has 0 saturated carbocycles. The first-order valence-corrected chi connectivity index (χ1v) is 11.9. The SMILES string of the molecule is COc1ccc(S(=O)(=O)N(CC(=O)NCc2ccc(Cl)cc2Cl)c2ccc(Cl)cc2)cc1. The van der Waals surface area contributed by atoms with E-state index >= 15 is 0 Å². The molecule has 0 atom stereocenters. The lowest BCUT2D eigenvalue weighted by Gasteiger charge is -2.24. The van der Waals surface area contributed by atoms with Crippen molar-refractivity contribution in [2.75, 3.05) is 18.0 Å². The van der Waals surface area contributed by atoms with Crippen LogP contribution >= 0.6 is 34.8 Å². The highest BCUT2D eigenvalue weighted by Crippen LogP contribution is 2.26. The number of hydrogen-bond donors (Lipinski definition) is 1. The summed E-state index contributed by atoms with van der Waals surface area (Å²) in [5, 5.41) is 4.01. The van der Waals surface area contributed by atoms with Crippen molar-refractivity contribution in [1.82, 2.24) is 5.32 Å². The molecular formula is C22H19Cl3N2O4S. The fourth-order valence-electron chi connectivity index (χ4n) is 2.84. The van der Waals surface area contributed by atoms with Gasteiger partial charge >= 0.3 is 0 Å². The van der Waals surface area contributed by atoms with E-state index in [-0.39, 0.29) is 11.4 Å². The minimum atomic E-state index is -4.05. The standard InChI is InChI=1S/C22H19Cl3N2O4S/c1-31-19-8-10-20(11-9-19)32(29,30)27(18-6-4-16(23)5-7-18)14-22(28)26-13-15-2-3-17(24)12-21(15)25/h2-12H,13-14H2,1H3,(H,26,28). The van der Waals surface area contributed by atoms with Crippen molar-refractivity contribution in [2.45, 2.75) is 11.4 Å².